The zero-order valence-electron chi connectivity index (χ0n) is 7.53. The highest BCUT2D eigenvalue weighted by Crippen LogP contribution is 2.40. The zero-order chi connectivity index (χ0) is 9.31. The molecule has 0 unspecified atom stereocenters. The van der Waals surface area contributed by atoms with Gasteiger partial charge in [0.05, 0.1) is 0 Å². The van der Waals surface area contributed by atoms with Gasteiger partial charge in [0, 0.05) is 18.2 Å². The normalized spacial score (nSPS) is 19.5. The second kappa shape index (κ2) is 2.96. The molecule has 4 heteroatoms. The molecule has 0 atom stereocenters. The number of hydrogen-bond donors (Lipinski definition) is 2. The monoisotopic (exact) mass is 178 g/mol. The summed E-state index contributed by atoms with van der Waals surface area (Å²) >= 11 is 0. The van der Waals surface area contributed by atoms with Gasteiger partial charge in [0.2, 0.25) is 0 Å². The Balaban J connectivity index is 2.33. The van der Waals surface area contributed by atoms with E-state index in [1.54, 1.807) is 12.3 Å². The maximum absolute atomic E-state index is 5.73. The van der Waals surface area contributed by atoms with Gasteiger partial charge in [-0.2, -0.15) is 0 Å². The quantitative estimate of drug-likeness (QED) is 0.688. The highest BCUT2D eigenvalue weighted by molar-refractivity contribution is 5.28. The lowest BCUT2D eigenvalue weighted by Gasteiger charge is -2.39. The van der Waals surface area contributed by atoms with Crippen LogP contribution in [-0.4, -0.2) is 16.5 Å². The molecule has 1 aliphatic carbocycles. The summed E-state index contributed by atoms with van der Waals surface area (Å²) in [5.74, 6) is 1.35. The summed E-state index contributed by atoms with van der Waals surface area (Å²) in [6.07, 6.45) is 5.10. The van der Waals surface area contributed by atoms with E-state index >= 15 is 0 Å². The van der Waals surface area contributed by atoms with Gasteiger partial charge in [0.1, 0.15) is 11.6 Å². The average molecular weight is 178 g/mol. The van der Waals surface area contributed by atoms with Crippen molar-refractivity contribution in [2.75, 3.05) is 12.3 Å². The molecule has 1 aliphatic rings. The van der Waals surface area contributed by atoms with Crippen molar-refractivity contribution < 1.29 is 0 Å². The van der Waals surface area contributed by atoms with Crippen LogP contribution in [0.1, 0.15) is 25.1 Å². The maximum atomic E-state index is 5.73. The van der Waals surface area contributed by atoms with Crippen LogP contribution in [0, 0.1) is 0 Å². The van der Waals surface area contributed by atoms with Crippen molar-refractivity contribution in [2.45, 2.75) is 24.7 Å². The van der Waals surface area contributed by atoms with Crippen LogP contribution in [0.3, 0.4) is 0 Å². The Morgan fingerprint density at radius 2 is 2.23 bits per heavy atom. The van der Waals surface area contributed by atoms with Gasteiger partial charge in [-0.25, -0.2) is 9.97 Å². The lowest BCUT2D eigenvalue weighted by atomic mass is 9.68. The molecule has 70 valence electrons. The molecule has 1 aromatic rings. The van der Waals surface area contributed by atoms with Crippen molar-refractivity contribution in [2.24, 2.45) is 5.73 Å². The lowest BCUT2D eigenvalue weighted by molar-refractivity contribution is 0.238. The first-order valence-electron chi connectivity index (χ1n) is 4.56. The minimum Gasteiger partial charge on any atom is -0.384 e. The van der Waals surface area contributed by atoms with E-state index in [9.17, 15) is 0 Å². The number of nitrogens with zero attached hydrogens (tertiary/aromatic N) is 2. The van der Waals surface area contributed by atoms with Crippen molar-refractivity contribution in [1.82, 2.24) is 9.97 Å². The Kier molecular flexibility index (Phi) is 1.92. The summed E-state index contributed by atoms with van der Waals surface area (Å²) in [7, 11) is 0. The molecule has 2 rings (SSSR count). The van der Waals surface area contributed by atoms with Gasteiger partial charge in [-0.05, 0) is 18.9 Å². The van der Waals surface area contributed by atoms with Crippen LogP contribution in [0.4, 0.5) is 5.82 Å². The molecule has 0 amide bonds. The van der Waals surface area contributed by atoms with Crippen molar-refractivity contribution in [3.05, 3.63) is 18.1 Å². The highest BCUT2D eigenvalue weighted by Gasteiger charge is 2.39. The van der Waals surface area contributed by atoms with E-state index in [1.165, 1.54) is 6.42 Å². The van der Waals surface area contributed by atoms with Gasteiger partial charge >= 0.3 is 0 Å². The minimum atomic E-state index is 0.0232. The van der Waals surface area contributed by atoms with E-state index in [0.717, 1.165) is 18.7 Å². The summed E-state index contributed by atoms with van der Waals surface area (Å²) in [6, 6.07) is 1.70. The molecule has 0 aromatic carbocycles. The van der Waals surface area contributed by atoms with E-state index in [4.69, 9.17) is 11.5 Å². The molecular weight excluding hydrogens is 164 g/mol. The topological polar surface area (TPSA) is 77.8 Å². The lowest BCUT2D eigenvalue weighted by Crippen LogP contribution is -2.43. The Morgan fingerprint density at radius 1 is 1.46 bits per heavy atom. The maximum Gasteiger partial charge on any atom is 0.138 e. The fourth-order valence-corrected chi connectivity index (χ4v) is 1.75. The molecule has 0 saturated heterocycles. The third-order valence-electron chi connectivity index (χ3n) is 2.85. The van der Waals surface area contributed by atoms with Crippen molar-refractivity contribution in [3.63, 3.8) is 0 Å². The molecule has 1 heterocycles. The van der Waals surface area contributed by atoms with Gasteiger partial charge in [-0.15, -0.1) is 0 Å². The molecule has 4 nitrogen and oxygen atoms in total. The largest absolute Gasteiger partial charge is 0.384 e. The number of hydrogen-bond acceptors (Lipinski definition) is 4. The van der Waals surface area contributed by atoms with Crippen LogP contribution >= 0.6 is 0 Å². The van der Waals surface area contributed by atoms with Gasteiger partial charge in [-0.3, -0.25) is 0 Å². The summed E-state index contributed by atoms with van der Waals surface area (Å²) in [5.41, 5.74) is 11.4. The van der Waals surface area contributed by atoms with Gasteiger partial charge < -0.3 is 11.5 Å². The first-order chi connectivity index (χ1) is 6.27. The predicted octanol–water partition coefficient (Wildman–Crippen LogP) is 0.439. The fourth-order valence-electron chi connectivity index (χ4n) is 1.75. The SMILES string of the molecule is NCC1(c2nccc(N)n2)CCC1. The summed E-state index contributed by atoms with van der Waals surface area (Å²) in [4.78, 5) is 8.46. The first-order valence-corrected chi connectivity index (χ1v) is 4.56. The molecule has 1 fully saturated rings. The number of anilines is 1. The number of nitrogens with two attached hydrogens (primary N) is 2. The third-order valence-corrected chi connectivity index (χ3v) is 2.85. The Morgan fingerprint density at radius 3 is 2.69 bits per heavy atom. The molecule has 0 spiro atoms. The van der Waals surface area contributed by atoms with Gasteiger partial charge in [0.15, 0.2) is 0 Å². The molecule has 1 saturated carbocycles. The van der Waals surface area contributed by atoms with Crippen molar-refractivity contribution in [3.8, 4) is 0 Å². The number of nitrogen functional groups attached to an aromatic ring is 1. The Hall–Kier alpha value is -1.16. The Labute approximate surface area is 77.4 Å². The standard InChI is InChI=1S/C9H14N4/c10-6-9(3-1-4-9)8-12-5-2-7(11)13-8/h2,5H,1,3-4,6,10H2,(H2,11,12,13). The molecule has 1 aromatic heterocycles. The molecular formula is C9H14N4. The highest BCUT2D eigenvalue weighted by atomic mass is 15.0. The number of aromatic nitrogens is 2. The van der Waals surface area contributed by atoms with Gasteiger partial charge in [-0.1, -0.05) is 6.42 Å². The fraction of sp³-hybridized carbons (Fsp3) is 0.556. The second-order valence-electron chi connectivity index (χ2n) is 3.64. The average Bonchev–Trinajstić information content (AvgIpc) is 2.03. The summed E-state index contributed by atoms with van der Waals surface area (Å²) in [6.45, 7) is 0.621. The molecule has 0 radical (unpaired) electrons. The third kappa shape index (κ3) is 1.27. The van der Waals surface area contributed by atoms with Gasteiger partial charge in [0.25, 0.3) is 0 Å². The van der Waals surface area contributed by atoms with Crippen LogP contribution in [0.25, 0.3) is 0 Å². The van der Waals surface area contributed by atoms with Crippen LogP contribution in [0.15, 0.2) is 12.3 Å². The summed E-state index contributed by atoms with van der Waals surface area (Å²) < 4.78 is 0. The number of rotatable bonds is 2. The molecule has 0 aliphatic heterocycles. The van der Waals surface area contributed by atoms with E-state index in [-0.39, 0.29) is 5.41 Å². The molecule has 13 heavy (non-hydrogen) atoms. The van der Waals surface area contributed by atoms with Crippen molar-refractivity contribution >= 4 is 5.82 Å². The summed E-state index contributed by atoms with van der Waals surface area (Å²) in [5, 5.41) is 0. The second-order valence-corrected chi connectivity index (χ2v) is 3.64. The predicted molar refractivity (Wildman–Crippen MR) is 51.0 cm³/mol. The van der Waals surface area contributed by atoms with Crippen LogP contribution in [-0.2, 0) is 5.41 Å². The van der Waals surface area contributed by atoms with Crippen molar-refractivity contribution in [1.29, 1.82) is 0 Å². The van der Waals surface area contributed by atoms with E-state index in [1.807, 2.05) is 0 Å². The van der Waals surface area contributed by atoms with E-state index in [0.29, 0.717) is 12.4 Å². The molecule has 4 N–H and O–H groups in total. The van der Waals surface area contributed by atoms with E-state index in [2.05, 4.69) is 9.97 Å². The first kappa shape index (κ1) is 8.44. The minimum absolute atomic E-state index is 0.0232. The van der Waals surface area contributed by atoms with Crippen LogP contribution in [0.2, 0.25) is 0 Å². The smallest absolute Gasteiger partial charge is 0.138 e. The Bertz CT molecular complexity index is 301. The van der Waals surface area contributed by atoms with E-state index < -0.39 is 0 Å². The molecule has 0 bridgehead atoms. The van der Waals surface area contributed by atoms with Crippen LogP contribution in [0.5, 0.6) is 0 Å². The van der Waals surface area contributed by atoms with Crippen LogP contribution < -0.4 is 11.5 Å². The zero-order valence-corrected chi connectivity index (χ0v) is 7.53.